The Morgan fingerprint density at radius 1 is 0.967 bits per heavy atom. The van der Waals surface area contributed by atoms with Gasteiger partial charge in [-0.15, -0.1) is 0 Å². The van der Waals surface area contributed by atoms with Crippen LogP contribution in [0, 0.1) is 3.57 Å². The van der Waals surface area contributed by atoms with Gasteiger partial charge in [0.1, 0.15) is 0 Å². The molecule has 3 aromatic rings. The van der Waals surface area contributed by atoms with E-state index in [2.05, 4.69) is 33.2 Å². The molecule has 0 heterocycles. The minimum Gasteiger partial charge on any atom is -0.337 e. The lowest BCUT2D eigenvalue weighted by molar-refractivity contribution is 0.0785. The molecule has 2 amide bonds. The quantitative estimate of drug-likeness (QED) is 0.372. The Bertz CT molecular complexity index is 1070. The van der Waals surface area contributed by atoms with Crippen molar-refractivity contribution in [1.29, 1.82) is 0 Å². The molecule has 0 fully saturated rings. The van der Waals surface area contributed by atoms with Crippen LogP contribution in [0.15, 0.2) is 78.9 Å². The zero-order valence-electron chi connectivity index (χ0n) is 16.3. The fourth-order valence-electron chi connectivity index (χ4n) is 2.86. The number of nitrogens with zero attached hydrogens (tertiary/aromatic N) is 1. The number of carbonyl (C=O) groups excluding carboxylic acids is 2. The maximum absolute atomic E-state index is 12.8. The molecule has 0 aromatic heterocycles. The summed E-state index contributed by atoms with van der Waals surface area (Å²) < 4.78 is 0.837. The van der Waals surface area contributed by atoms with Crippen molar-refractivity contribution in [2.45, 2.75) is 6.54 Å². The Morgan fingerprint density at radius 3 is 2.40 bits per heavy atom. The molecule has 3 aromatic carbocycles. The molecule has 0 aliphatic heterocycles. The van der Waals surface area contributed by atoms with Crippen LogP contribution in [0.2, 0.25) is 0 Å². The molecule has 0 atom stereocenters. The van der Waals surface area contributed by atoms with Gasteiger partial charge in [0.15, 0.2) is 5.11 Å². The van der Waals surface area contributed by atoms with Crippen molar-refractivity contribution in [2.24, 2.45) is 0 Å². The molecule has 0 saturated heterocycles. The van der Waals surface area contributed by atoms with Crippen molar-refractivity contribution >= 4 is 57.4 Å². The molecule has 5 nitrogen and oxygen atoms in total. The first kappa shape index (κ1) is 21.9. The van der Waals surface area contributed by atoms with Gasteiger partial charge < -0.3 is 10.2 Å². The van der Waals surface area contributed by atoms with E-state index in [1.54, 1.807) is 48.3 Å². The second-order valence-electron chi connectivity index (χ2n) is 6.62. The van der Waals surface area contributed by atoms with Gasteiger partial charge in [-0.1, -0.05) is 48.5 Å². The van der Waals surface area contributed by atoms with Crippen LogP contribution in [0.25, 0.3) is 0 Å². The highest BCUT2D eigenvalue weighted by molar-refractivity contribution is 14.1. The monoisotopic (exact) mass is 529 g/mol. The Labute approximate surface area is 194 Å². The number of benzene rings is 3. The average molecular weight is 529 g/mol. The van der Waals surface area contributed by atoms with E-state index in [-0.39, 0.29) is 16.9 Å². The Kier molecular flexibility index (Phi) is 7.53. The van der Waals surface area contributed by atoms with Crippen LogP contribution in [0.5, 0.6) is 0 Å². The number of nitrogens with one attached hydrogen (secondary N) is 2. The van der Waals surface area contributed by atoms with Gasteiger partial charge in [-0.05, 0) is 70.7 Å². The number of halogens is 1. The highest BCUT2D eigenvalue weighted by Gasteiger charge is 2.14. The third-order valence-electron chi connectivity index (χ3n) is 4.32. The lowest BCUT2D eigenvalue weighted by Crippen LogP contribution is -2.34. The fourth-order valence-corrected chi connectivity index (χ4v) is 3.70. The number of anilines is 1. The van der Waals surface area contributed by atoms with Crippen LogP contribution in [0.4, 0.5) is 5.69 Å². The second kappa shape index (κ2) is 10.3. The lowest BCUT2D eigenvalue weighted by Gasteiger charge is -2.18. The smallest absolute Gasteiger partial charge is 0.258 e. The van der Waals surface area contributed by atoms with Crippen LogP contribution >= 0.6 is 34.8 Å². The van der Waals surface area contributed by atoms with Crippen LogP contribution < -0.4 is 10.6 Å². The van der Waals surface area contributed by atoms with E-state index in [1.165, 1.54) is 0 Å². The van der Waals surface area contributed by atoms with E-state index in [1.807, 2.05) is 42.5 Å². The Hall–Kier alpha value is -2.78. The summed E-state index contributed by atoms with van der Waals surface area (Å²) in [6.07, 6.45) is 0. The summed E-state index contributed by atoms with van der Waals surface area (Å²) in [5.41, 5.74) is 2.77. The number of hydrogen-bond donors (Lipinski definition) is 2. The van der Waals surface area contributed by atoms with E-state index in [0.29, 0.717) is 23.4 Å². The summed E-state index contributed by atoms with van der Waals surface area (Å²) in [4.78, 5) is 26.8. The lowest BCUT2D eigenvalue weighted by atomic mass is 10.1. The van der Waals surface area contributed by atoms with Crippen LogP contribution in [0.3, 0.4) is 0 Å². The van der Waals surface area contributed by atoms with Gasteiger partial charge in [0.2, 0.25) is 0 Å². The summed E-state index contributed by atoms with van der Waals surface area (Å²) in [5.74, 6) is -0.386. The van der Waals surface area contributed by atoms with Crippen molar-refractivity contribution in [3.8, 4) is 0 Å². The third-order valence-corrected chi connectivity index (χ3v) is 5.47. The molecular weight excluding hydrogens is 509 g/mol. The molecule has 2 N–H and O–H groups in total. The van der Waals surface area contributed by atoms with Gasteiger partial charge in [0, 0.05) is 28.4 Å². The summed E-state index contributed by atoms with van der Waals surface area (Å²) in [7, 11) is 1.77. The van der Waals surface area contributed by atoms with Crippen molar-refractivity contribution in [3.63, 3.8) is 0 Å². The largest absolute Gasteiger partial charge is 0.337 e. The molecule has 0 unspecified atom stereocenters. The molecule has 0 aliphatic rings. The first-order valence-corrected chi connectivity index (χ1v) is 10.7. The van der Waals surface area contributed by atoms with Crippen molar-refractivity contribution in [1.82, 2.24) is 10.2 Å². The number of thiocarbonyl (C=S) groups is 1. The number of amides is 2. The molecule has 0 aliphatic carbocycles. The molecule has 0 bridgehead atoms. The van der Waals surface area contributed by atoms with Crippen molar-refractivity contribution < 1.29 is 9.59 Å². The summed E-state index contributed by atoms with van der Waals surface area (Å²) in [5, 5.41) is 5.81. The molecule has 152 valence electrons. The molecule has 0 spiro atoms. The van der Waals surface area contributed by atoms with E-state index in [0.717, 1.165) is 9.13 Å². The van der Waals surface area contributed by atoms with Crippen molar-refractivity contribution in [3.05, 3.63) is 99.1 Å². The highest BCUT2D eigenvalue weighted by Crippen LogP contribution is 2.15. The van der Waals surface area contributed by atoms with E-state index in [4.69, 9.17) is 12.2 Å². The van der Waals surface area contributed by atoms with Crippen molar-refractivity contribution in [2.75, 3.05) is 12.4 Å². The van der Waals surface area contributed by atoms with Gasteiger partial charge in [0.25, 0.3) is 11.8 Å². The second-order valence-corrected chi connectivity index (χ2v) is 8.19. The van der Waals surface area contributed by atoms with Gasteiger partial charge in [-0.25, -0.2) is 0 Å². The van der Waals surface area contributed by atoms with Crippen LogP contribution in [-0.2, 0) is 6.54 Å². The van der Waals surface area contributed by atoms with Gasteiger partial charge in [-0.3, -0.25) is 14.9 Å². The van der Waals surface area contributed by atoms with Gasteiger partial charge in [-0.2, -0.15) is 0 Å². The molecule has 30 heavy (non-hydrogen) atoms. The first-order chi connectivity index (χ1) is 14.4. The van der Waals surface area contributed by atoms with Crippen LogP contribution in [-0.4, -0.2) is 28.9 Å². The maximum Gasteiger partial charge on any atom is 0.258 e. The van der Waals surface area contributed by atoms with E-state index >= 15 is 0 Å². The van der Waals surface area contributed by atoms with Gasteiger partial charge in [0.05, 0.1) is 5.56 Å². The molecule has 0 saturated carbocycles. The predicted molar refractivity (Wildman–Crippen MR) is 132 cm³/mol. The zero-order chi connectivity index (χ0) is 21.5. The Morgan fingerprint density at radius 2 is 1.67 bits per heavy atom. The summed E-state index contributed by atoms with van der Waals surface area (Å²) in [6, 6.07) is 24.1. The summed E-state index contributed by atoms with van der Waals surface area (Å²) >= 11 is 7.37. The molecule has 7 heteroatoms. The standard InChI is InChI=1S/C23H20IN3O2S/c1-27(15-16-8-3-2-4-9-16)22(29)17-10-7-11-18(14-17)25-23(30)26-21(28)19-12-5-6-13-20(19)24/h2-14H,15H2,1H3,(H2,25,26,28,30). The molecular formula is C23H20IN3O2S. The maximum atomic E-state index is 12.8. The molecule has 3 rings (SSSR count). The number of hydrogen-bond acceptors (Lipinski definition) is 3. The molecule has 0 radical (unpaired) electrons. The highest BCUT2D eigenvalue weighted by atomic mass is 127. The third kappa shape index (κ3) is 5.87. The number of carbonyl (C=O) groups is 2. The van der Waals surface area contributed by atoms with Gasteiger partial charge >= 0.3 is 0 Å². The van der Waals surface area contributed by atoms with E-state index in [9.17, 15) is 9.59 Å². The average Bonchev–Trinajstić information content (AvgIpc) is 2.74. The Balaban J connectivity index is 1.63. The SMILES string of the molecule is CN(Cc1ccccc1)C(=O)c1cccc(NC(=S)NC(=O)c2ccccc2I)c1. The predicted octanol–water partition coefficient (Wildman–Crippen LogP) is 4.69. The first-order valence-electron chi connectivity index (χ1n) is 9.20. The summed E-state index contributed by atoms with van der Waals surface area (Å²) in [6.45, 7) is 0.515. The minimum absolute atomic E-state index is 0.101. The van der Waals surface area contributed by atoms with E-state index < -0.39 is 0 Å². The normalized spacial score (nSPS) is 10.2. The topological polar surface area (TPSA) is 61.4 Å². The number of rotatable bonds is 5. The van der Waals surface area contributed by atoms with Crippen LogP contribution in [0.1, 0.15) is 26.3 Å². The fraction of sp³-hybridized carbons (Fsp3) is 0.0870. The minimum atomic E-state index is -0.285. The zero-order valence-corrected chi connectivity index (χ0v) is 19.2.